The van der Waals surface area contributed by atoms with Gasteiger partial charge >= 0.3 is 5.97 Å². The summed E-state index contributed by atoms with van der Waals surface area (Å²) in [7, 11) is 0. The Morgan fingerprint density at radius 2 is 2.56 bits per heavy atom. The Labute approximate surface area is 109 Å². The minimum Gasteiger partial charge on any atom is -0.463 e. The van der Waals surface area contributed by atoms with Crippen LogP contribution in [0.3, 0.4) is 0 Å². The molecule has 1 aliphatic rings. The molecule has 0 bridgehead atoms. The van der Waals surface area contributed by atoms with Gasteiger partial charge < -0.3 is 15.3 Å². The fraction of sp³-hybridized carbons (Fsp3) is 0.545. The van der Waals surface area contributed by atoms with Crippen molar-refractivity contribution in [1.82, 2.24) is 4.98 Å². The monoisotopic (exact) mass is 269 g/mol. The van der Waals surface area contributed by atoms with Crippen LogP contribution in [0.4, 0.5) is 0 Å². The van der Waals surface area contributed by atoms with E-state index >= 15 is 0 Å². The van der Waals surface area contributed by atoms with Crippen LogP contribution in [0.2, 0.25) is 0 Å². The number of hydrogen-bond acceptors (Lipinski definition) is 7. The van der Waals surface area contributed by atoms with E-state index in [2.05, 4.69) is 10.1 Å². The lowest BCUT2D eigenvalue weighted by atomic mass is 9.92. The molecule has 0 saturated heterocycles. The summed E-state index contributed by atoms with van der Waals surface area (Å²) in [4.78, 5) is 21.6. The molecule has 1 aromatic rings. The highest BCUT2D eigenvalue weighted by molar-refractivity contribution is 7.07. The van der Waals surface area contributed by atoms with Crippen molar-refractivity contribution in [2.45, 2.75) is 25.4 Å². The van der Waals surface area contributed by atoms with Crippen LogP contribution in [0.5, 0.6) is 0 Å². The predicted octanol–water partition coefficient (Wildman–Crippen LogP) is 0.723. The highest BCUT2D eigenvalue weighted by atomic mass is 32.1. The second kappa shape index (κ2) is 5.45. The van der Waals surface area contributed by atoms with E-state index in [1.165, 1.54) is 11.3 Å². The number of esters is 1. The molecule has 2 N–H and O–H groups in total. The summed E-state index contributed by atoms with van der Waals surface area (Å²) in [6, 6.07) is 0. The lowest BCUT2D eigenvalue weighted by Gasteiger charge is -2.23. The van der Waals surface area contributed by atoms with Crippen LogP contribution in [0.15, 0.2) is 16.0 Å². The third-order valence-electron chi connectivity index (χ3n) is 2.67. The topological polar surface area (TPSA) is 86.8 Å². The summed E-state index contributed by atoms with van der Waals surface area (Å²) in [6.45, 7) is 2.34. The van der Waals surface area contributed by atoms with Crippen LogP contribution < -0.4 is 5.73 Å². The second-order valence-corrected chi connectivity index (χ2v) is 4.72. The zero-order valence-corrected chi connectivity index (χ0v) is 10.9. The first-order chi connectivity index (χ1) is 8.70. The van der Waals surface area contributed by atoms with Gasteiger partial charge in [-0.2, -0.15) is 0 Å². The maximum atomic E-state index is 12.1. The highest BCUT2D eigenvalue weighted by Crippen LogP contribution is 2.29. The average Bonchev–Trinajstić information content (AvgIpc) is 3.00. The number of carbonyl (C=O) groups is 1. The quantitative estimate of drug-likeness (QED) is 0.796. The molecular weight excluding hydrogens is 254 g/mol. The molecule has 0 fully saturated rings. The van der Waals surface area contributed by atoms with Crippen molar-refractivity contribution < 1.29 is 14.4 Å². The van der Waals surface area contributed by atoms with Crippen LogP contribution in [0.1, 0.15) is 19.0 Å². The standard InChI is InChI=1S/C11H15N3O3S/c1-2-16-10(15)11(3-8(5-12)14-17-11)4-9-6-18-7-13-9/h6-7H,2-5,12H2,1H3. The lowest BCUT2D eigenvalue weighted by Crippen LogP contribution is -2.43. The van der Waals surface area contributed by atoms with Gasteiger partial charge in [0.1, 0.15) is 0 Å². The molecule has 1 aromatic heterocycles. The number of carbonyl (C=O) groups excluding carboxylic acids is 1. The Bertz CT molecular complexity index is 446. The summed E-state index contributed by atoms with van der Waals surface area (Å²) >= 11 is 1.47. The average molecular weight is 269 g/mol. The molecule has 2 rings (SSSR count). The van der Waals surface area contributed by atoms with E-state index in [1.54, 1.807) is 12.4 Å². The number of nitrogens with zero attached hydrogens (tertiary/aromatic N) is 2. The van der Waals surface area contributed by atoms with Crippen LogP contribution in [0.25, 0.3) is 0 Å². The first kappa shape index (κ1) is 13.0. The van der Waals surface area contributed by atoms with Crippen LogP contribution in [-0.2, 0) is 20.8 Å². The fourth-order valence-electron chi connectivity index (χ4n) is 1.81. The van der Waals surface area contributed by atoms with E-state index in [0.717, 1.165) is 5.69 Å². The largest absolute Gasteiger partial charge is 0.463 e. The number of oxime groups is 1. The van der Waals surface area contributed by atoms with Gasteiger partial charge in [0, 0.05) is 24.8 Å². The van der Waals surface area contributed by atoms with Crippen molar-refractivity contribution in [2.75, 3.05) is 13.2 Å². The lowest BCUT2D eigenvalue weighted by molar-refractivity contribution is -0.169. The van der Waals surface area contributed by atoms with E-state index in [4.69, 9.17) is 15.3 Å². The van der Waals surface area contributed by atoms with E-state index in [-0.39, 0.29) is 6.54 Å². The molecule has 1 unspecified atom stereocenters. The van der Waals surface area contributed by atoms with E-state index < -0.39 is 11.6 Å². The first-order valence-electron chi connectivity index (χ1n) is 5.68. The van der Waals surface area contributed by atoms with Crippen LogP contribution in [0, 0.1) is 0 Å². The van der Waals surface area contributed by atoms with Gasteiger partial charge in [0.2, 0.25) is 5.60 Å². The van der Waals surface area contributed by atoms with Crippen LogP contribution in [-0.4, -0.2) is 35.4 Å². The zero-order chi connectivity index (χ0) is 13.0. The van der Waals surface area contributed by atoms with Crippen molar-refractivity contribution in [2.24, 2.45) is 10.9 Å². The number of hydrogen-bond donors (Lipinski definition) is 1. The third kappa shape index (κ3) is 2.51. The minimum atomic E-state index is -1.10. The maximum absolute atomic E-state index is 12.1. The predicted molar refractivity (Wildman–Crippen MR) is 67.4 cm³/mol. The van der Waals surface area contributed by atoms with E-state index in [9.17, 15) is 4.79 Å². The Morgan fingerprint density at radius 3 is 3.11 bits per heavy atom. The Balaban J connectivity index is 2.16. The fourth-order valence-corrected chi connectivity index (χ4v) is 2.37. The minimum absolute atomic E-state index is 0.276. The number of thiazole rings is 1. The molecule has 1 atom stereocenters. The summed E-state index contributed by atoms with van der Waals surface area (Å²) < 4.78 is 5.07. The molecular formula is C11H15N3O3S. The second-order valence-electron chi connectivity index (χ2n) is 4.00. The SMILES string of the molecule is CCOC(=O)C1(Cc2cscn2)CC(CN)=NO1. The molecule has 0 aromatic carbocycles. The molecule has 98 valence electrons. The molecule has 0 radical (unpaired) electrons. The van der Waals surface area contributed by atoms with Gasteiger partial charge in [-0.3, -0.25) is 0 Å². The molecule has 7 heteroatoms. The number of nitrogens with two attached hydrogens (primary N) is 1. The summed E-state index contributed by atoms with van der Waals surface area (Å²) in [5.74, 6) is -0.412. The van der Waals surface area contributed by atoms with Gasteiger partial charge in [-0.05, 0) is 6.92 Å². The molecule has 0 aliphatic carbocycles. The van der Waals surface area contributed by atoms with Crippen molar-refractivity contribution in [3.63, 3.8) is 0 Å². The van der Waals surface area contributed by atoms with Crippen molar-refractivity contribution in [1.29, 1.82) is 0 Å². The van der Waals surface area contributed by atoms with Gasteiger partial charge in [0.15, 0.2) is 0 Å². The molecule has 0 saturated carbocycles. The molecule has 2 heterocycles. The molecule has 0 spiro atoms. The molecule has 6 nitrogen and oxygen atoms in total. The summed E-state index contributed by atoms with van der Waals surface area (Å²) in [6.07, 6.45) is 0.711. The Kier molecular flexibility index (Phi) is 3.93. The molecule has 0 amide bonds. The van der Waals surface area contributed by atoms with Gasteiger partial charge in [-0.25, -0.2) is 9.78 Å². The van der Waals surface area contributed by atoms with Crippen LogP contribution >= 0.6 is 11.3 Å². The summed E-state index contributed by atoms with van der Waals surface area (Å²) in [5, 5.41) is 5.74. The van der Waals surface area contributed by atoms with E-state index in [1.807, 2.05) is 5.38 Å². The Morgan fingerprint density at radius 1 is 1.72 bits per heavy atom. The maximum Gasteiger partial charge on any atom is 0.354 e. The number of ether oxygens (including phenoxy) is 1. The third-order valence-corrected chi connectivity index (χ3v) is 3.31. The van der Waals surface area contributed by atoms with Crippen molar-refractivity contribution in [3.05, 3.63) is 16.6 Å². The first-order valence-corrected chi connectivity index (χ1v) is 6.63. The Hall–Kier alpha value is -1.47. The van der Waals surface area contributed by atoms with Gasteiger partial charge in [0.25, 0.3) is 0 Å². The molecule has 18 heavy (non-hydrogen) atoms. The highest BCUT2D eigenvalue weighted by Gasteiger charge is 2.48. The number of rotatable bonds is 5. The van der Waals surface area contributed by atoms with Gasteiger partial charge in [-0.1, -0.05) is 5.16 Å². The van der Waals surface area contributed by atoms with Gasteiger partial charge in [-0.15, -0.1) is 11.3 Å². The zero-order valence-electron chi connectivity index (χ0n) is 10.1. The normalized spacial score (nSPS) is 22.4. The van der Waals surface area contributed by atoms with Crippen molar-refractivity contribution in [3.8, 4) is 0 Å². The van der Waals surface area contributed by atoms with Gasteiger partial charge in [0.05, 0.1) is 23.5 Å². The number of aromatic nitrogens is 1. The smallest absolute Gasteiger partial charge is 0.354 e. The molecule has 1 aliphatic heterocycles. The summed E-state index contributed by atoms with van der Waals surface area (Å²) in [5.41, 5.74) is 7.60. The van der Waals surface area contributed by atoms with E-state index in [0.29, 0.717) is 25.2 Å². The van der Waals surface area contributed by atoms with Crippen molar-refractivity contribution >= 4 is 23.0 Å².